The second kappa shape index (κ2) is 8.25. The number of ether oxygens (including phenoxy) is 2. The first-order valence-electron chi connectivity index (χ1n) is 10.3. The van der Waals surface area contributed by atoms with E-state index in [2.05, 4.69) is 6.08 Å². The molecule has 0 bridgehead atoms. The molecule has 4 atom stereocenters. The summed E-state index contributed by atoms with van der Waals surface area (Å²) < 4.78 is 17.1. The highest BCUT2D eigenvalue weighted by molar-refractivity contribution is 5.89. The van der Waals surface area contributed by atoms with Crippen LogP contribution in [-0.2, 0) is 30.3 Å². The van der Waals surface area contributed by atoms with Crippen molar-refractivity contribution in [1.82, 2.24) is 0 Å². The van der Waals surface area contributed by atoms with Crippen LogP contribution < -0.4 is 0 Å². The Labute approximate surface area is 177 Å². The Hall–Kier alpha value is -2.63. The standard InChI is InChI=1S/C24H30O6/c1-13-9-20(27)23(30-17(5)26)24(6)19(11-18-15(3)12-28-21(18)10-13)14(2)7-8-22(24)29-16(4)25/h7,10,12,19,22-23H,8-9,11H2,1-6H3. The van der Waals surface area contributed by atoms with E-state index in [1.165, 1.54) is 13.8 Å². The van der Waals surface area contributed by atoms with E-state index in [4.69, 9.17) is 13.9 Å². The van der Waals surface area contributed by atoms with Crippen LogP contribution in [0.25, 0.3) is 6.08 Å². The fourth-order valence-electron chi connectivity index (χ4n) is 4.94. The summed E-state index contributed by atoms with van der Waals surface area (Å²) in [6.07, 6.45) is 5.23. The van der Waals surface area contributed by atoms with Crippen LogP contribution in [0, 0.1) is 18.3 Å². The monoisotopic (exact) mass is 414 g/mol. The summed E-state index contributed by atoms with van der Waals surface area (Å²) in [6, 6.07) is 0. The number of esters is 2. The highest BCUT2D eigenvalue weighted by atomic mass is 16.6. The third-order valence-electron chi connectivity index (χ3n) is 6.47. The summed E-state index contributed by atoms with van der Waals surface area (Å²) in [5, 5.41) is 0. The van der Waals surface area contributed by atoms with Crippen molar-refractivity contribution in [3.8, 4) is 0 Å². The molecule has 1 aromatic heterocycles. The second-order valence-electron chi connectivity index (χ2n) is 8.79. The van der Waals surface area contributed by atoms with Crippen molar-refractivity contribution in [1.29, 1.82) is 0 Å². The number of rotatable bonds is 2. The molecule has 3 rings (SSSR count). The van der Waals surface area contributed by atoms with Gasteiger partial charge in [0, 0.05) is 32.3 Å². The van der Waals surface area contributed by atoms with Gasteiger partial charge >= 0.3 is 11.9 Å². The number of hydrogen-bond acceptors (Lipinski definition) is 6. The number of hydrogen-bond donors (Lipinski definition) is 0. The lowest BCUT2D eigenvalue weighted by Crippen LogP contribution is -2.57. The molecule has 4 unspecified atom stereocenters. The molecule has 1 aromatic rings. The lowest BCUT2D eigenvalue weighted by molar-refractivity contribution is -0.182. The van der Waals surface area contributed by atoms with Gasteiger partial charge in [0.05, 0.1) is 11.7 Å². The average molecular weight is 414 g/mol. The summed E-state index contributed by atoms with van der Waals surface area (Å²) in [5.41, 5.74) is 3.07. The Balaban J connectivity index is 2.24. The van der Waals surface area contributed by atoms with Crippen molar-refractivity contribution in [3.63, 3.8) is 0 Å². The predicted octanol–water partition coefficient (Wildman–Crippen LogP) is 4.34. The van der Waals surface area contributed by atoms with E-state index in [0.29, 0.717) is 12.8 Å². The van der Waals surface area contributed by atoms with Gasteiger partial charge in [-0.15, -0.1) is 0 Å². The fourth-order valence-corrected chi connectivity index (χ4v) is 4.94. The van der Waals surface area contributed by atoms with Gasteiger partial charge in [0.15, 0.2) is 11.9 Å². The Morgan fingerprint density at radius 1 is 1.13 bits per heavy atom. The fraction of sp³-hybridized carbons (Fsp3) is 0.542. The van der Waals surface area contributed by atoms with Crippen LogP contribution >= 0.6 is 0 Å². The minimum atomic E-state index is -1.02. The molecule has 0 spiro atoms. The Kier molecular flexibility index (Phi) is 6.06. The van der Waals surface area contributed by atoms with Crippen molar-refractivity contribution in [2.75, 3.05) is 0 Å². The van der Waals surface area contributed by atoms with Gasteiger partial charge in [-0.2, -0.15) is 0 Å². The highest BCUT2D eigenvalue weighted by Crippen LogP contribution is 2.50. The van der Waals surface area contributed by atoms with E-state index in [1.54, 1.807) is 6.26 Å². The van der Waals surface area contributed by atoms with Crippen LogP contribution in [0.2, 0.25) is 0 Å². The molecular formula is C24H30O6. The number of ketones is 1. The van der Waals surface area contributed by atoms with E-state index in [9.17, 15) is 14.4 Å². The molecule has 6 heteroatoms. The number of aryl methyl sites for hydroxylation is 1. The number of carbonyl (C=O) groups is 3. The molecule has 0 saturated heterocycles. The van der Waals surface area contributed by atoms with E-state index in [0.717, 1.165) is 28.0 Å². The first-order chi connectivity index (χ1) is 14.0. The van der Waals surface area contributed by atoms with Crippen molar-refractivity contribution in [2.24, 2.45) is 11.3 Å². The third-order valence-corrected chi connectivity index (χ3v) is 6.47. The highest BCUT2D eigenvalue weighted by Gasteiger charge is 2.55. The molecule has 30 heavy (non-hydrogen) atoms. The molecule has 0 aromatic carbocycles. The molecule has 0 radical (unpaired) electrons. The quantitative estimate of drug-likeness (QED) is 0.529. The zero-order chi connectivity index (χ0) is 22.2. The van der Waals surface area contributed by atoms with Crippen molar-refractivity contribution in [2.45, 2.75) is 73.0 Å². The number of Topliss-reactive ketones (excluding diaryl/α,β-unsaturated/α-hetero) is 1. The van der Waals surface area contributed by atoms with Gasteiger partial charge < -0.3 is 13.9 Å². The van der Waals surface area contributed by atoms with E-state index in [-0.39, 0.29) is 18.1 Å². The molecule has 0 saturated carbocycles. The van der Waals surface area contributed by atoms with Crippen LogP contribution in [0.4, 0.5) is 0 Å². The third kappa shape index (κ3) is 4.00. The van der Waals surface area contributed by atoms with Crippen LogP contribution in [-0.4, -0.2) is 29.9 Å². The van der Waals surface area contributed by atoms with Gasteiger partial charge in [0.1, 0.15) is 11.9 Å². The van der Waals surface area contributed by atoms with E-state index in [1.807, 2.05) is 33.8 Å². The summed E-state index contributed by atoms with van der Waals surface area (Å²) in [5.74, 6) is -0.583. The molecular weight excluding hydrogens is 384 g/mol. The smallest absolute Gasteiger partial charge is 0.303 e. The molecule has 162 valence electrons. The summed E-state index contributed by atoms with van der Waals surface area (Å²) >= 11 is 0. The van der Waals surface area contributed by atoms with Gasteiger partial charge in [-0.3, -0.25) is 14.4 Å². The summed E-state index contributed by atoms with van der Waals surface area (Å²) in [4.78, 5) is 37.3. The Morgan fingerprint density at radius 2 is 1.80 bits per heavy atom. The van der Waals surface area contributed by atoms with Crippen molar-refractivity contribution >= 4 is 23.8 Å². The number of carbonyl (C=O) groups excluding carboxylic acids is 3. The minimum absolute atomic E-state index is 0.120. The summed E-state index contributed by atoms with van der Waals surface area (Å²) in [6.45, 7) is 10.4. The molecule has 2 aliphatic carbocycles. The second-order valence-corrected chi connectivity index (χ2v) is 8.79. The maximum absolute atomic E-state index is 13.4. The van der Waals surface area contributed by atoms with E-state index < -0.39 is 29.6 Å². The Bertz CT molecular complexity index is 933. The van der Waals surface area contributed by atoms with E-state index >= 15 is 0 Å². The number of fused-ring (bicyclic) bond motifs is 2. The SMILES string of the molecule is CC(=O)OC1CC=C(C)C2Cc3c(C)coc3C=C(C)CC(=O)C(OC(C)=O)C12C. The largest absolute Gasteiger partial charge is 0.464 e. The minimum Gasteiger partial charge on any atom is -0.464 e. The number of furan rings is 1. The summed E-state index contributed by atoms with van der Waals surface area (Å²) in [7, 11) is 0. The predicted molar refractivity (Wildman–Crippen MR) is 112 cm³/mol. The van der Waals surface area contributed by atoms with Crippen LogP contribution in [0.15, 0.2) is 27.9 Å². The van der Waals surface area contributed by atoms with Crippen LogP contribution in [0.5, 0.6) is 0 Å². The normalized spacial score (nSPS) is 29.1. The topological polar surface area (TPSA) is 82.8 Å². The van der Waals surface area contributed by atoms with Crippen LogP contribution in [0.3, 0.4) is 0 Å². The average Bonchev–Trinajstić information content (AvgIpc) is 2.97. The molecule has 1 heterocycles. The maximum Gasteiger partial charge on any atom is 0.303 e. The molecule has 0 N–H and O–H groups in total. The van der Waals surface area contributed by atoms with Crippen LogP contribution in [0.1, 0.15) is 64.3 Å². The van der Waals surface area contributed by atoms with Gasteiger partial charge in [-0.25, -0.2) is 0 Å². The van der Waals surface area contributed by atoms with Gasteiger partial charge in [0.25, 0.3) is 0 Å². The molecule has 0 amide bonds. The zero-order valence-corrected chi connectivity index (χ0v) is 18.5. The zero-order valence-electron chi connectivity index (χ0n) is 18.5. The first-order valence-corrected chi connectivity index (χ1v) is 10.3. The maximum atomic E-state index is 13.4. The lowest BCUT2D eigenvalue weighted by Gasteiger charge is -2.49. The molecule has 6 nitrogen and oxygen atoms in total. The molecule has 0 aliphatic heterocycles. The molecule has 2 aliphatic rings. The molecule has 0 fully saturated rings. The lowest BCUT2D eigenvalue weighted by atomic mass is 9.59. The number of allylic oxidation sites excluding steroid dienone is 2. The van der Waals surface area contributed by atoms with Gasteiger partial charge in [-0.05, 0) is 44.7 Å². The Morgan fingerprint density at radius 3 is 2.43 bits per heavy atom. The van der Waals surface area contributed by atoms with Gasteiger partial charge in [0.2, 0.25) is 0 Å². The van der Waals surface area contributed by atoms with Crippen molar-refractivity contribution < 1.29 is 28.3 Å². The first kappa shape index (κ1) is 22.1. The van der Waals surface area contributed by atoms with Crippen molar-refractivity contribution in [3.05, 3.63) is 40.4 Å². The van der Waals surface area contributed by atoms with Gasteiger partial charge in [-0.1, -0.05) is 24.1 Å².